The molecular weight excluding hydrogens is 443 g/mol. The number of hydrogen-bond donors (Lipinski definition) is 2. The van der Waals surface area contributed by atoms with Crippen LogP contribution in [0.2, 0.25) is 5.02 Å². The predicted molar refractivity (Wildman–Crippen MR) is 109 cm³/mol. The van der Waals surface area contributed by atoms with Crippen molar-refractivity contribution in [1.82, 2.24) is 5.32 Å². The van der Waals surface area contributed by atoms with Crippen molar-refractivity contribution < 1.29 is 4.79 Å². The minimum Gasteiger partial charge on any atom is -0.332 e. The number of anilines is 1. The Hall–Kier alpha value is -1.44. The molecule has 23 heavy (non-hydrogen) atoms. The van der Waals surface area contributed by atoms with Gasteiger partial charge in [0.25, 0.3) is 0 Å². The number of aryl methyl sites for hydroxylation is 1. The largest absolute Gasteiger partial charge is 0.332 e. The summed E-state index contributed by atoms with van der Waals surface area (Å²) in [5.74, 6) is -0.291. The third-order valence-corrected chi connectivity index (χ3v) is 4.10. The lowest BCUT2D eigenvalue weighted by atomic mass is 10.2. The van der Waals surface area contributed by atoms with Gasteiger partial charge in [-0.2, -0.15) is 0 Å². The van der Waals surface area contributed by atoms with Gasteiger partial charge in [-0.05, 0) is 89.3 Å². The lowest BCUT2D eigenvalue weighted by Gasteiger charge is -2.11. The molecule has 0 unspecified atom stereocenters. The first-order valence-corrected chi connectivity index (χ1v) is 8.62. The van der Waals surface area contributed by atoms with Gasteiger partial charge in [0.05, 0.1) is 0 Å². The molecule has 0 radical (unpaired) electrons. The Kier molecular flexibility index (Phi) is 6.56. The highest BCUT2D eigenvalue weighted by Gasteiger charge is 2.04. The molecule has 6 heteroatoms. The van der Waals surface area contributed by atoms with Gasteiger partial charge in [0.1, 0.15) is 0 Å². The molecule has 0 atom stereocenters. The van der Waals surface area contributed by atoms with Crippen LogP contribution in [-0.2, 0) is 4.79 Å². The second-order valence-electron chi connectivity index (χ2n) is 4.79. The van der Waals surface area contributed by atoms with Gasteiger partial charge in [-0.3, -0.25) is 10.1 Å². The highest BCUT2D eigenvalue weighted by molar-refractivity contribution is 14.1. The van der Waals surface area contributed by atoms with Crippen LogP contribution in [0.4, 0.5) is 5.69 Å². The van der Waals surface area contributed by atoms with E-state index < -0.39 is 0 Å². The second-order valence-corrected chi connectivity index (χ2v) is 6.88. The van der Waals surface area contributed by atoms with E-state index in [1.54, 1.807) is 18.2 Å². The minimum atomic E-state index is -0.291. The summed E-state index contributed by atoms with van der Waals surface area (Å²) >= 11 is 13.2. The topological polar surface area (TPSA) is 41.1 Å². The molecule has 0 saturated heterocycles. The van der Waals surface area contributed by atoms with Gasteiger partial charge in [0.2, 0.25) is 5.91 Å². The molecule has 3 nitrogen and oxygen atoms in total. The number of rotatable bonds is 3. The fraction of sp³-hybridized carbons (Fsp3) is 0.0588. The number of nitrogens with one attached hydrogen (secondary N) is 2. The lowest BCUT2D eigenvalue weighted by Crippen LogP contribution is -2.33. The Morgan fingerprint density at radius 1 is 1.22 bits per heavy atom. The third-order valence-electron chi connectivity index (χ3n) is 2.97. The van der Waals surface area contributed by atoms with E-state index >= 15 is 0 Å². The summed E-state index contributed by atoms with van der Waals surface area (Å²) in [7, 11) is 0. The zero-order valence-corrected chi connectivity index (χ0v) is 16.0. The van der Waals surface area contributed by atoms with Gasteiger partial charge in [-0.15, -0.1) is 0 Å². The average Bonchev–Trinajstić information content (AvgIpc) is 2.49. The summed E-state index contributed by atoms with van der Waals surface area (Å²) in [6.45, 7) is 1.98. The first-order valence-electron chi connectivity index (χ1n) is 6.76. The maximum absolute atomic E-state index is 11.9. The van der Waals surface area contributed by atoms with Crippen molar-refractivity contribution in [1.29, 1.82) is 0 Å². The van der Waals surface area contributed by atoms with Crippen molar-refractivity contribution >= 4 is 69.2 Å². The van der Waals surface area contributed by atoms with Gasteiger partial charge in [0.15, 0.2) is 5.11 Å². The molecule has 0 aliphatic rings. The zero-order valence-electron chi connectivity index (χ0n) is 12.3. The van der Waals surface area contributed by atoms with E-state index in [1.807, 2.05) is 37.3 Å². The maximum atomic E-state index is 11.9. The summed E-state index contributed by atoms with van der Waals surface area (Å²) in [5, 5.41) is 6.56. The maximum Gasteiger partial charge on any atom is 0.250 e. The average molecular weight is 457 g/mol. The zero-order chi connectivity index (χ0) is 16.8. The van der Waals surface area contributed by atoms with Crippen LogP contribution in [0, 0.1) is 10.5 Å². The first-order chi connectivity index (χ1) is 10.9. The molecule has 0 aliphatic carbocycles. The summed E-state index contributed by atoms with van der Waals surface area (Å²) in [6, 6.07) is 13.1. The fourth-order valence-corrected chi connectivity index (χ4v) is 2.80. The van der Waals surface area contributed by atoms with Gasteiger partial charge >= 0.3 is 0 Å². The van der Waals surface area contributed by atoms with Crippen molar-refractivity contribution in [2.24, 2.45) is 0 Å². The Labute approximate surface area is 159 Å². The molecule has 0 spiro atoms. The molecule has 118 valence electrons. The highest BCUT2D eigenvalue weighted by atomic mass is 127. The van der Waals surface area contributed by atoms with E-state index in [2.05, 4.69) is 33.2 Å². The molecule has 2 N–H and O–H groups in total. The molecular formula is C17H14ClIN2OS. The van der Waals surface area contributed by atoms with Gasteiger partial charge < -0.3 is 5.32 Å². The molecule has 0 heterocycles. The lowest BCUT2D eigenvalue weighted by molar-refractivity contribution is -0.115. The van der Waals surface area contributed by atoms with E-state index in [9.17, 15) is 4.79 Å². The Morgan fingerprint density at radius 3 is 2.57 bits per heavy atom. The quantitative estimate of drug-likeness (QED) is 0.397. The van der Waals surface area contributed by atoms with E-state index in [0.29, 0.717) is 5.02 Å². The smallest absolute Gasteiger partial charge is 0.250 e. The van der Waals surface area contributed by atoms with Crippen LogP contribution in [0.3, 0.4) is 0 Å². The molecule has 2 aromatic rings. The molecule has 1 amide bonds. The van der Waals surface area contributed by atoms with Crippen molar-refractivity contribution in [3.8, 4) is 0 Å². The number of amides is 1. The van der Waals surface area contributed by atoms with Crippen molar-refractivity contribution in [2.45, 2.75) is 6.92 Å². The summed E-state index contributed by atoms with van der Waals surface area (Å²) in [5.41, 5.74) is 2.82. The fourth-order valence-electron chi connectivity index (χ4n) is 1.82. The van der Waals surface area contributed by atoms with Crippen molar-refractivity contribution in [2.75, 3.05) is 5.32 Å². The van der Waals surface area contributed by atoms with Crippen LogP contribution >= 0.6 is 46.4 Å². The number of hydrogen-bond acceptors (Lipinski definition) is 2. The van der Waals surface area contributed by atoms with E-state index in [0.717, 1.165) is 20.4 Å². The molecule has 0 saturated carbocycles. The van der Waals surface area contributed by atoms with Gasteiger partial charge in [-0.25, -0.2) is 0 Å². The van der Waals surface area contributed by atoms with Crippen LogP contribution in [0.1, 0.15) is 11.1 Å². The molecule has 0 fully saturated rings. The summed E-state index contributed by atoms with van der Waals surface area (Å²) in [4.78, 5) is 11.9. The van der Waals surface area contributed by atoms with Gasteiger partial charge in [-0.1, -0.05) is 23.7 Å². The monoisotopic (exact) mass is 456 g/mol. The molecule has 2 aromatic carbocycles. The predicted octanol–water partition coefficient (Wildman–Crippen LogP) is 4.78. The number of carbonyl (C=O) groups excluding carboxylic acids is 1. The van der Waals surface area contributed by atoms with Crippen molar-refractivity contribution in [3.05, 3.63) is 68.3 Å². The van der Waals surface area contributed by atoms with Crippen LogP contribution in [-0.4, -0.2) is 11.0 Å². The minimum absolute atomic E-state index is 0.264. The van der Waals surface area contributed by atoms with Crippen LogP contribution in [0.15, 0.2) is 48.5 Å². The van der Waals surface area contributed by atoms with Gasteiger partial charge in [0, 0.05) is 20.4 Å². The second kappa shape index (κ2) is 8.42. The van der Waals surface area contributed by atoms with E-state index in [1.165, 1.54) is 6.08 Å². The number of halogens is 2. The number of thiocarbonyl (C=S) groups is 1. The highest BCUT2D eigenvalue weighted by Crippen LogP contribution is 2.17. The summed E-state index contributed by atoms with van der Waals surface area (Å²) in [6.07, 6.45) is 3.13. The molecule has 0 bridgehead atoms. The number of benzene rings is 2. The normalized spacial score (nSPS) is 10.6. The molecule has 0 aliphatic heterocycles. The summed E-state index contributed by atoms with van der Waals surface area (Å²) < 4.78 is 1.14. The van der Waals surface area contributed by atoms with Crippen LogP contribution in [0.25, 0.3) is 6.08 Å². The SMILES string of the molecule is Cc1cc(I)ccc1NC(=S)NC(=O)/C=C/c1ccc(Cl)cc1. The van der Waals surface area contributed by atoms with E-state index in [4.69, 9.17) is 23.8 Å². The first kappa shape index (κ1) is 17.9. The standard InChI is InChI=1S/C17H14ClIN2OS/c1-11-10-14(19)7-8-15(11)20-17(23)21-16(22)9-4-12-2-5-13(18)6-3-12/h2-10H,1H3,(H2,20,21,22,23)/b9-4+. The molecule has 0 aromatic heterocycles. The molecule has 2 rings (SSSR count). The van der Waals surface area contributed by atoms with Crippen LogP contribution in [0.5, 0.6) is 0 Å². The Balaban J connectivity index is 1.91. The number of carbonyl (C=O) groups is 1. The van der Waals surface area contributed by atoms with Crippen LogP contribution < -0.4 is 10.6 Å². The Bertz CT molecular complexity index is 760. The Morgan fingerprint density at radius 2 is 1.91 bits per heavy atom. The van der Waals surface area contributed by atoms with E-state index in [-0.39, 0.29) is 11.0 Å². The third kappa shape index (κ3) is 5.93. The van der Waals surface area contributed by atoms with Crippen molar-refractivity contribution in [3.63, 3.8) is 0 Å².